The van der Waals surface area contributed by atoms with Crippen molar-refractivity contribution in [3.05, 3.63) is 82.7 Å². The molecule has 0 spiro atoms. The second-order valence-corrected chi connectivity index (χ2v) is 8.28. The van der Waals surface area contributed by atoms with Crippen molar-refractivity contribution in [3.63, 3.8) is 0 Å². The lowest BCUT2D eigenvalue weighted by Crippen LogP contribution is -2.32. The molecule has 1 heterocycles. The van der Waals surface area contributed by atoms with Crippen LogP contribution in [-0.4, -0.2) is 38.0 Å². The Morgan fingerprint density at radius 3 is 2.31 bits per heavy atom. The van der Waals surface area contributed by atoms with Crippen LogP contribution < -0.4 is 19.5 Å². The first-order valence-electron chi connectivity index (χ1n) is 11.1. The van der Waals surface area contributed by atoms with Gasteiger partial charge >= 0.3 is 0 Å². The van der Waals surface area contributed by atoms with Crippen LogP contribution in [0.25, 0.3) is 0 Å². The predicted octanol–water partition coefficient (Wildman–Crippen LogP) is 4.89. The monoisotopic (exact) mass is 478 g/mol. The highest BCUT2D eigenvalue weighted by Gasteiger charge is 2.35. The van der Waals surface area contributed by atoms with Crippen LogP contribution in [0.4, 0.5) is 10.1 Å². The lowest BCUT2D eigenvalue weighted by molar-refractivity contribution is -0.117. The maximum absolute atomic E-state index is 13.5. The highest BCUT2D eigenvalue weighted by atomic mass is 19.1. The number of anilines is 1. The summed E-state index contributed by atoms with van der Waals surface area (Å²) < 4.78 is 29.9. The molecular weight excluding hydrogens is 451 g/mol. The Bertz CT molecular complexity index is 1250. The van der Waals surface area contributed by atoms with Crippen molar-refractivity contribution in [1.29, 1.82) is 0 Å². The summed E-state index contributed by atoms with van der Waals surface area (Å²) in [4.78, 5) is 28.2. The van der Waals surface area contributed by atoms with E-state index in [1.807, 2.05) is 18.2 Å². The number of halogens is 1. The molecule has 1 N–H and O–H groups in total. The number of amides is 2. The quantitative estimate of drug-likeness (QED) is 0.499. The molecule has 0 fully saturated rings. The smallest absolute Gasteiger partial charge is 0.255 e. The highest BCUT2D eigenvalue weighted by molar-refractivity contribution is 5.99. The van der Waals surface area contributed by atoms with Gasteiger partial charge in [-0.15, -0.1) is 0 Å². The lowest BCUT2D eigenvalue weighted by atomic mass is 10.00. The van der Waals surface area contributed by atoms with Crippen molar-refractivity contribution < 1.29 is 28.2 Å². The molecule has 0 bridgehead atoms. The fraction of sp³-hybridized carbons (Fsp3) is 0.259. The van der Waals surface area contributed by atoms with Crippen molar-refractivity contribution in [3.8, 4) is 17.2 Å². The number of carbonyl (C=O) groups excluding carboxylic acids is 2. The Balaban J connectivity index is 1.72. The van der Waals surface area contributed by atoms with E-state index in [0.29, 0.717) is 46.2 Å². The standard InChI is InChI=1S/C27H27FN2O5/c1-16-11-19(28)9-10-21(16)29-25(31)14-22(30-15-17-7-5-6-8-20(17)27(30)32)18-12-23(33-2)26(35-4)24(13-18)34-3/h5-13,22H,14-15H2,1-4H3,(H,29,31). The van der Waals surface area contributed by atoms with Crippen LogP contribution in [0.1, 0.15) is 39.5 Å². The first kappa shape index (κ1) is 24.1. The molecule has 8 heteroatoms. The summed E-state index contributed by atoms with van der Waals surface area (Å²) in [5, 5.41) is 2.85. The molecule has 7 nitrogen and oxygen atoms in total. The summed E-state index contributed by atoms with van der Waals surface area (Å²) in [5.74, 6) is 0.403. The third-order valence-corrected chi connectivity index (χ3v) is 6.14. The van der Waals surface area contributed by atoms with Crippen molar-refractivity contribution in [2.45, 2.75) is 25.9 Å². The van der Waals surface area contributed by atoms with Crippen LogP contribution in [0.2, 0.25) is 0 Å². The minimum atomic E-state index is -0.621. The number of ether oxygens (including phenoxy) is 3. The average molecular weight is 479 g/mol. The number of carbonyl (C=O) groups is 2. The summed E-state index contributed by atoms with van der Waals surface area (Å²) in [6, 6.07) is 14.4. The molecule has 0 saturated carbocycles. The summed E-state index contributed by atoms with van der Waals surface area (Å²) in [6.45, 7) is 2.08. The van der Waals surface area contributed by atoms with E-state index >= 15 is 0 Å². The summed E-state index contributed by atoms with van der Waals surface area (Å²) in [7, 11) is 4.53. The van der Waals surface area contributed by atoms with Crippen LogP contribution in [-0.2, 0) is 11.3 Å². The van der Waals surface area contributed by atoms with E-state index in [1.165, 1.54) is 39.5 Å². The summed E-state index contributed by atoms with van der Waals surface area (Å²) in [6.07, 6.45) is -0.0326. The van der Waals surface area contributed by atoms with Crippen LogP contribution in [0.15, 0.2) is 54.6 Å². The van der Waals surface area contributed by atoms with Gasteiger partial charge in [0, 0.05) is 17.8 Å². The van der Waals surface area contributed by atoms with E-state index in [1.54, 1.807) is 30.0 Å². The third-order valence-electron chi connectivity index (χ3n) is 6.14. The van der Waals surface area contributed by atoms with Crippen LogP contribution in [0.3, 0.4) is 0 Å². The van der Waals surface area contributed by atoms with Crippen molar-refractivity contribution in [2.24, 2.45) is 0 Å². The molecule has 1 unspecified atom stereocenters. The van der Waals surface area contributed by atoms with Gasteiger partial charge in [-0.2, -0.15) is 0 Å². The second kappa shape index (κ2) is 10.0. The minimum absolute atomic E-state index is 0.0326. The molecule has 1 aliphatic rings. The topological polar surface area (TPSA) is 77.1 Å². The fourth-order valence-corrected chi connectivity index (χ4v) is 4.37. The van der Waals surface area contributed by atoms with Gasteiger partial charge in [-0.3, -0.25) is 9.59 Å². The van der Waals surface area contributed by atoms with Crippen LogP contribution >= 0.6 is 0 Å². The van der Waals surface area contributed by atoms with Crippen molar-refractivity contribution in [2.75, 3.05) is 26.6 Å². The van der Waals surface area contributed by atoms with Gasteiger partial charge in [0.15, 0.2) is 11.5 Å². The van der Waals surface area contributed by atoms with E-state index in [0.717, 1.165) is 5.56 Å². The maximum atomic E-state index is 13.5. The van der Waals surface area contributed by atoms with Gasteiger partial charge in [-0.1, -0.05) is 18.2 Å². The molecule has 0 aliphatic carbocycles. The highest BCUT2D eigenvalue weighted by Crippen LogP contribution is 2.43. The lowest BCUT2D eigenvalue weighted by Gasteiger charge is -2.29. The molecule has 3 aromatic carbocycles. The summed E-state index contributed by atoms with van der Waals surface area (Å²) in [5.41, 5.74) is 3.28. The molecule has 4 rings (SSSR count). The Labute approximate surface area is 203 Å². The van der Waals surface area contributed by atoms with E-state index < -0.39 is 6.04 Å². The Kier molecular flexibility index (Phi) is 6.91. The number of benzene rings is 3. The maximum Gasteiger partial charge on any atom is 0.255 e. The SMILES string of the molecule is COc1cc(C(CC(=O)Nc2ccc(F)cc2C)N2Cc3ccccc3C2=O)cc(OC)c1OC. The van der Waals surface area contributed by atoms with Gasteiger partial charge in [0.05, 0.1) is 33.8 Å². The number of hydrogen-bond acceptors (Lipinski definition) is 5. The normalized spacial score (nSPS) is 13.3. The number of rotatable bonds is 8. The first-order valence-corrected chi connectivity index (χ1v) is 11.1. The van der Waals surface area contributed by atoms with Gasteiger partial charge < -0.3 is 24.4 Å². The van der Waals surface area contributed by atoms with E-state index in [4.69, 9.17) is 14.2 Å². The molecule has 0 radical (unpaired) electrons. The first-order chi connectivity index (χ1) is 16.9. The zero-order chi connectivity index (χ0) is 25.1. The molecule has 1 aliphatic heterocycles. The third kappa shape index (κ3) is 4.77. The molecule has 2 amide bonds. The second-order valence-electron chi connectivity index (χ2n) is 8.28. The molecule has 0 saturated heterocycles. The number of nitrogens with one attached hydrogen (secondary N) is 1. The van der Waals surface area contributed by atoms with E-state index in [-0.39, 0.29) is 24.1 Å². The fourth-order valence-electron chi connectivity index (χ4n) is 4.37. The van der Waals surface area contributed by atoms with Crippen molar-refractivity contribution >= 4 is 17.5 Å². The Morgan fingerprint density at radius 2 is 1.71 bits per heavy atom. The molecular formula is C27H27FN2O5. The number of methoxy groups -OCH3 is 3. The van der Waals surface area contributed by atoms with Gasteiger partial charge in [-0.25, -0.2) is 4.39 Å². The zero-order valence-corrected chi connectivity index (χ0v) is 20.1. The average Bonchev–Trinajstić information content (AvgIpc) is 3.19. The number of nitrogens with zero attached hydrogens (tertiary/aromatic N) is 1. The number of hydrogen-bond donors (Lipinski definition) is 1. The van der Waals surface area contributed by atoms with Gasteiger partial charge in [0.1, 0.15) is 5.82 Å². The Morgan fingerprint density at radius 1 is 1.03 bits per heavy atom. The van der Waals surface area contributed by atoms with Gasteiger partial charge in [0.2, 0.25) is 11.7 Å². The number of aryl methyl sites for hydroxylation is 1. The summed E-state index contributed by atoms with van der Waals surface area (Å²) >= 11 is 0. The van der Waals surface area contributed by atoms with Gasteiger partial charge in [0.25, 0.3) is 5.91 Å². The van der Waals surface area contributed by atoms with Gasteiger partial charge in [-0.05, 0) is 60.0 Å². The van der Waals surface area contributed by atoms with E-state index in [9.17, 15) is 14.0 Å². The molecule has 0 aromatic heterocycles. The minimum Gasteiger partial charge on any atom is -0.493 e. The Hall–Kier alpha value is -4.07. The molecule has 182 valence electrons. The predicted molar refractivity (Wildman–Crippen MR) is 130 cm³/mol. The van der Waals surface area contributed by atoms with E-state index in [2.05, 4.69) is 5.32 Å². The van der Waals surface area contributed by atoms with Crippen molar-refractivity contribution in [1.82, 2.24) is 4.90 Å². The molecule has 3 aromatic rings. The molecule has 1 atom stereocenters. The zero-order valence-electron chi connectivity index (χ0n) is 20.1. The van der Waals surface area contributed by atoms with Crippen LogP contribution in [0.5, 0.6) is 17.2 Å². The largest absolute Gasteiger partial charge is 0.493 e. The number of fused-ring (bicyclic) bond motifs is 1. The molecule has 35 heavy (non-hydrogen) atoms. The van der Waals surface area contributed by atoms with Crippen LogP contribution in [0, 0.1) is 12.7 Å².